The number of benzene rings is 1. The van der Waals surface area contributed by atoms with E-state index in [0.29, 0.717) is 19.5 Å². The molecule has 0 saturated carbocycles. The van der Waals surface area contributed by atoms with Crippen LogP contribution in [0.2, 0.25) is 5.02 Å². The quantitative estimate of drug-likeness (QED) is 0.761. The molecule has 136 valence electrons. The summed E-state index contributed by atoms with van der Waals surface area (Å²) in [5.74, 6) is -1.81. The van der Waals surface area contributed by atoms with Crippen LogP contribution in [0.25, 0.3) is 0 Å². The largest absolute Gasteiger partial charge is 0.480 e. The van der Waals surface area contributed by atoms with Crippen molar-refractivity contribution in [2.24, 2.45) is 5.92 Å². The van der Waals surface area contributed by atoms with E-state index >= 15 is 0 Å². The van der Waals surface area contributed by atoms with Crippen LogP contribution in [0.5, 0.6) is 0 Å². The Kier molecular flexibility index (Phi) is 7.88. The summed E-state index contributed by atoms with van der Waals surface area (Å²) >= 11 is 5.77. The molecule has 0 bridgehead atoms. The van der Waals surface area contributed by atoms with Gasteiger partial charge in [0, 0.05) is 18.1 Å². The van der Waals surface area contributed by atoms with Crippen LogP contribution in [0.15, 0.2) is 23.1 Å². The molecule has 1 aliphatic heterocycles. The van der Waals surface area contributed by atoms with E-state index in [2.05, 4.69) is 5.32 Å². The third kappa shape index (κ3) is 5.29. The smallest absolute Gasteiger partial charge is 0.317 e. The second-order valence-electron chi connectivity index (χ2n) is 5.47. The molecule has 2 rings (SSSR count). The lowest BCUT2D eigenvalue weighted by atomic mass is 10.00. The van der Waals surface area contributed by atoms with E-state index < -0.39 is 26.7 Å². The lowest BCUT2D eigenvalue weighted by Crippen LogP contribution is -2.43. The van der Waals surface area contributed by atoms with E-state index in [4.69, 9.17) is 16.7 Å². The van der Waals surface area contributed by atoms with Crippen molar-refractivity contribution < 1.29 is 22.7 Å². The summed E-state index contributed by atoms with van der Waals surface area (Å²) in [5, 5.41) is 11.5. The monoisotopic (exact) mass is 400 g/mol. The molecule has 1 aliphatic rings. The van der Waals surface area contributed by atoms with E-state index in [1.165, 1.54) is 10.4 Å². The fourth-order valence-corrected chi connectivity index (χ4v) is 4.49. The Balaban J connectivity index is 0.00000288. The van der Waals surface area contributed by atoms with Crippen LogP contribution < -0.4 is 5.32 Å². The molecule has 0 spiro atoms. The fourth-order valence-electron chi connectivity index (χ4n) is 2.61. The molecule has 1 saturated heterocycles. The molecule has 10 heteroatoms. The van der Waals surface area contributed by atoms with Crippen LogP contribution in [0, 0.1) is 11.7 Å². The van der Waals surface area contributed by atoms with E-state index in [-0.39, 0.29) is 36.4 Å². The Morgan fingerprint density at radius 1 is 1.46 bits per heavy atom. The van der Waals surface area contributed by atoms with Gasteiger partial charge in [-0.1, -0.05) is 11.6 Å². The van der Waals surface area contributed by atoms with Crippen molar-refractivity contribution in [2.75, 3.05) is 26.2 Å². The highest BCUT2D eigenvalue weighted by Crippen LogP contribution is 2.27. The minimum Gasteiger partial charge on any atom is -0.480 e. The normalized spacial score (nSPS) is 18.8. The van der Waals surface area contributed by atoms with Gasteiger partial charge in [0.05, 0.1) is 6.54 Å². The summed E-state index contributed by atoms with van der Waals surface area (Å²) in [5.41, 5.74) is 0. The standard InChI is InChI=1S/C14H18ClFN2O4S.ClH/c15-11-3-4-12(16)13(6-11)23(21,22)18-5-1-2-10(9-18)7-17-8-14(19)20;/h3-4,6,10,17H,1-2,5,7-9H2,(H,19,20);1H. The van der Waals surface area contributed by atoms with Gasteiger partial charge in [-0.15, -0.1) is 12.4 Å². The second-order valence-corrected chi connectivity index (χ2v) is 7.81. The zero-order valence-electron chi connectivity index (χ0n) is 12.7. The number of hydrogen-bond donors (Lipinski definition) is 2. The van der Waals surface area contributed by atoms with Gasteiger partial charge in [0.25, 0.3) is 0 Å². The van der Waals surface area contributed by atoms with E-state index in [1.807, 2.05) is 0 Å². The van der Waals surface area contributed by atoms with Crippen molar-refractivity contribution in [1.29, 1.82) is 0 Å². The average Bonchev–Trinajstić information content (AvgIpc) is 2.49. The molecule has 1 heterocycles. The molecule has 0 amide bonds. The van der Waals surface area contributed by atoms with Crippen LogP contribution in [0.4, 0.5) is 4.39 Å². The maximum Gasteiger partial charge on any atom is 0.317 e. The number of piperidine rings is 1. The molecule has 0 aliphatic carbocycles. The van der Waals surface area contributed by atoms with Gasteiger partial charge in [-0.05, 0) is 43.5 Å². The zero-order valence-corrected chi connectivity index (χ0v) is 15.1. The number of carboxylic acid groups (broad SMARTS) is 1. The summed E-state index contributed by atoms with van der Waals surface area (Å²) in [4.78, 5) is 10.1. The Bertz CT molecular complexity index is 687. The summed E-state index contributed by atoms with van der Waals surface area (Å²) in [6.45, 7) is 0.757. The van der Waals surface area contributed by atoms with Gasteiger partial charge < -0.3 is 10.4 Å². The number of hydrogen-bond acceptors (Lipinski definition) is 4. The number of rotatable bonds is 6. The predicted molar refractivity (Wildman–Crippen MR) is 90.6 cm³/mol. The van der Waals surface area contributed by atoms with Crippen molar-refractivity contribution in [2.45, 2.75) is 17.7 Å². The van der Waals surface area contributed by atoms with Gasteiger partial charge in [-0.3, -0.25) is 4.79 Å². The first-order valence-electron chi connectivity index (χ1n) is 7.18. The topological polar surface area (TPSA) is 86.7 Å². The van der Waals surface area contributed by atoms with Crippen molar-refractivity contribution in [3.63, 3.8) is 0 Å². The minimum atomic E-state index is -3.96. The van der Waals surface area contributed by atoms with Crippen LogP contribution in [-0.2, 0) is 14.8 Å². The Labute approximate surface area is 151 Å². The molecular weight excluding hydrogens is 382 g/mol. The van der Waals surface area contributed by atoms with Gasteiger partial charge in [0.1, 0.15) is 10.7 Å². The molecule has 0 radical (unpaired) electrons. The Hall–Kier alpha value is -0.930. The van der Waals surface area contributed by atoms with Gasteiger partial charge in [-0.25, -0.2) is 12.8 Å². The highest BCUT2D eigenvalue weighted by atomic mass is 35.5. The summed E-state index contributed by atoms with van der Waals surface area (Å²) in [6, 6.07) is 3.44. The molecule has 2 N–H and O–H groups in total. The number of nitrogens with one attached hydrogen (secondary N) is 1. The SMILES string of the molecule is Cl.O=C(O)CNCC1CCCN(S(=O)(=O)c2cc(Cl)ccc2F)C1. The molecular formula is C14H19Cl2FN2O4S. The maximum atomic E-state index is 13.9. The zero-order chi connectivity index (χ0) is 17.0. The number of sulfonamides is 1. The Morgan fingerprint density at radius 3 is 2.83 bits per heavy atom. The lowest BCUT2D eigenvalue weighted by Gasteiger charge is -2.32. The molecule has 6 nitrogen and oxygen atoms in total. The Morgan fingerprint density at radius 2 is 2.17 bits per heavy atom. The number of halogens is 3. The van der Waals surface area contributed by atoms with Crippen LogP contribution >= 0.6 is 24.0 Å². The van der Waals surface area contributed by atoms with Gasteiger partial charge in [0.2, 0.25) is 10.0 Å². The molecule has 1 atom stereocenters. The van der Waals surface area contributed by atoms with E-state index in [0.717, 1.165) is 18.6 Å². The average molecular weight is 401 g/mol. The molecule has 24 heavy (non-hydrogen) atoms. The van der Waals surface area contributed by atoms with Crippen LogP contribution in [0.3, 0.4) is 0 Å². The number of aliphatic carboxylic acids is 1. The fraction of sp³-hybridized carbons (Fsp3) is 0.500. The molecule has 1 aromatic carbocycles. The third-order valence-electron chi connectivity index (χ3n) is 3.70. The number of nitrogens with zero attached hydrogens (tertiary/aromatic N) is 1. The number of carboxylic acids is 1. The van der Waals surface area contributed by atoms with Crippen molar-refractivity contribution >= 4 is 40.0 Å². The highest BCUT2D eigenvalue weighted by Gasteiger charge is 2.32. The van der Waals surface area contributed by atoms with Crippen molar-refractivity contribution in [3.05, 3.63) is 29.0 Å². The predicted octanol–water partition coefficient (Wildman–Crippen LogP) is 1.98. The first-order chi connectivity index (χ1) is 10.8. The lowest BCUT2D eigenvalue weighted by molar-refractivity contribution is -0.136. The molecule has 1 unspecified atom stereocenters. The summed E-state index contributed by atoms with van der Waals surface area (Å²) < 4.78 is 40.3. The van der Waals surface area contributed by atoms with Crippen LogP contribution in [-0.4, -0.2) is 50.0 Å². The first-order valence-corrected chi connectivity index (χ1v) is 9.00. The molecule has 1 fully saturated rings. The van der Waals surface area contributed by atoms with E-state index in [9.17, 15) is 17.6 Å². The summed E-state index contributed by atoms with van der Waals surface area (Å²) in [6.07, 6.45) is 1.43. The van der Waals surface area contributed by atoms with Crippen molar-refractivity contribution in [3.8, 4) is 0 Å². The summed E-state index contributed by atoms with van der Waals surface area (Å²) in [7, 11) is -3.96. The molecule has 1 aromatic rings. The molecule has 0 aromatic heterocycles. The van der Waals surface area contributed by atoms with Gasteiger partial charge >= 0.3 is 5.97 Å². The first kappa shape index (κ1) is 21.1. The highest BCUT2D eigenvalue weighted by molar-refractivity contribution is 7.89. The van der Waals surface area contributed by atoms with Crippen LogP contribution in [0.1, 0.15) is 12.8 Å². The minimum absolute atomic E-state index is 0. The number of carbonyl (C=O) groups is 1. The maximum absolute atomic E-state index is 13.9. The van der Waals surface area contributed by atoms with Gasteiger partial charge in [0.15, 0.2) is 0 Å². The second kappa shape index (κ2) is 8.96. The van der Waals surface area contributed by atoms with Crippen molar-refractivity contribution in [1.82, 2.24) is 9.62 Å². The van der Waals surface area contributed by atoms with E-state index in [1.54, 1.807) is 0 Å². The third-order valence-corrected chi connectivity index (χ3v) is 5.82. The van der Waals surface area contributed by atoms with Gasteiger partial charge in [-0.2, -0.15) is 4.31 Å².